The van der Waals surface area contributed by atoms with Gasteiger partial charge >= 0.3 is 5.97 Å². The number of carboxylic acid groups (broad SMARTS) is 1. The second kappa shape index (κ2) is 8.27. The largest absolute Gasteiger partial charge is 0.478 e. The molecule has 0 heterocycles. The average Bonchev–Trinajstić information content (AvgIpc) is 2.18. The molecule has 0 amide bonds. The van der Waals surface area contributed by atoms with Gasteiger partial charge in [-0.1, -0.05) is 13.0 Å². The molecule has 0 spiro atoms. The summed E-state index contributed by atoms with van der Waals surface area (Å²) in [6.07, 6.45) is 1.63. The predicted molar refractivity (Wildman–Crippen MR) is 61.4 cm³/mol. The first-order chi connectivity index (χ1) is 7.51. The third-order valence-corrected chi connectivity index (χ3v) is 2.19. The van der Waals surface area contributed by atoms with Crippen LogP contribution in [0.4, 0.5) is 0 Å². The molecule has 2 N–H and O–H groups in total. The lowest BCUT2D eigenvalue weighted by Gasteiger charge is -2.18. The van der Waals surface area contributed by atoms with Crippen molar-refractivity contribution >= 4 is 5.97 Å². The van der Waals surface area contributed by atoms with Crippen molar-refractivity contribution in [2.45, 2.75) is 19.4 Å². The number of aliphatic hydroxyl groups excluding tert-OH is 1. The van der Waals surface area contributed by atoms with E-state index in [2.05, 4.69) is 0 Å². The van der Waals surface area contributed by atoms with E-state index in [0.29, 0.717) is 25.1 Å². The highest BCUT2D eigenvalue weighted by molar-refractivity contribution is 5.86. The number of rotatable bonds is 8. The highest BCUT2D eigenvalue weighted by atomic mass is 16.5. The molecule has 1 unspecified atom stereocenters. The molecule has 94 valence electrons. The minimum absolute atomic E-state index is 0.285. The molecule has 5 nitrogen and oxygen atoms in total. The Hall–Kier alpha value is -0.910. The Kier molecular flexibility index (Phi) is 7.80. The number of likely N-dealkylation sites (N-methyl/N-ethyl adjacent to an activating group) is 1. The zero-order valence-corrected chi connectivity index (χ0v) is 10.1. The Morgan fingerprint density at radius 1 is 1.56 bits per heavy atom. The summed E-state index contributed by atoms with van der Waals surface area (Å²) in [5.74, 6) is -0.881. The Bertz CT molecular complexity index is 240. The van der Waals surface area contributed by atoms with Gasteiger partial charge in [0.05, 0.1) is 12.7 Å². The number of methoxy groups -OCH3 is 1. The van der Waals surface area contributed by atoms with E-state index in [-0.39, 0.29) is 6.61 Å². The van der Waals surface area contributed by atoms with Crippen molar-refractivity contribution in [1.29, 1.82) is 0 Å². The number of carbonyl (C=O) groups is 1. The van der Waals surface area contributed by atoms with Gasteiger partial charge in [0.1, 0.15) is 0 Å². The van der Waals surface area contributed by atoms with Crippen molar-refractivity contribution in [1.82, 2.24) is 4.90 Å². The fourth-order valence-corrected chi connectivity index (χ4v) is 1.33. The third kappa shape index (κ3) is 6.55. The average molecular weight is 231 g/mol. The molecule has 1 atom stereocenters. The van der Waals surface area contributed by atoms with E-state index in [0.717, 1.165) is 0 Å². The van der Waals surface area contributed by atoms with Crippen LogP contribution in [0.15, 0.2) is 11.6 Å². The van der Waals surface area contributed by atoms with E-state index in [1.54, 1.807) is 13.0 Å². The maximum atomic E-state index is 10.7. The smallest absolute Gasteiger partial charge is 0.331 e. The zero-order valence-electron chi connectivity index (χ0n) is 10.1. The molecule has 5 heteroatoms. The van der Waals surface area contributed by atoms with E-state index in [1.807, 2.05) is 11.9 Å². The summed E-state index contributed by atoms with van der Waals surface area (Å²) in [5.41, 5.74) is 0.396. The van der Waals surface area contributed by atoms with Gasteiger partial charge in [0.15, 0.2) is 0 Å². The van der Waals surface area contributed by atoms with E-state index in [4.69, 9.17) is 9.84 Å². The number of carboxylic acids is 1. The Balaban J connectivity index is 4.04. The van der Waals surface area contributed by atoms with E-state index < -0.39 is 12.1 Å². The molecule has 16 heavy (non-hydrogen) atoms. The van der Waals surface area contributed by atoms with Crippen molar-refractivity contribution in [2.24, 2.45) is 0 Å². The minimum Gasteiger partial charge on any atom is -0.478 e. The monoisotopic (exact) mass is 231 g/mol. The summed E-state index contributed by atoms with van der Waals surface area (Å²) in [6.45, 7) is 3.06. The normalized spacial score (nSPS) is 14.2. The first-order valence-electron chi connectivity index (χ1n) is 5.29. The highest BCUT2D eigenvalue weighted by Gasteiger charge is 2.08. The maximum Gasteiger partial charge on any atom is 0.331 e. The molecular weight excluding hydrogens is 210 g/mol. The molecule has 0 bridgehead atoms. The van der Waals surface area contributed by atoms with Gasteiger partial charge in [-0.2, -0.15) is 0 Å². The Labute approximate surface area is 96.3 Å². The van der Waals surface area contributed by atoms with Crippen LogP contribution in [0.5, 0.6) is 0 Å². The summed E-state index contributed by atoms with van der Waals surface area (Å²) < 4.78 is 4.80. The Morgan fingerprint density at radius 3 is 2.62 bits per heavy atom. The van der Waals surface area contributed by atoms with Crippen LogP contribution in [-0.4, -0.2) is 61.0 Å². The van der Waals surface area contributed by atoms with Crippen LogP contribution in [0, 0.1) is 0 Å². The first kappa shape index (κ1) is 15.1. The summed E-state index contributed by atoms with van der Waals surface area (Å²) in [4.78, 5) is 12.6. The van der Waals surface area contributed by atoms with E-state index >= 15 is 0 Å². The molecular formula is C11H21NO4. The third-order valence-electron chi connectivity index (χ3n) is 2.19. The lowest BCUT2D eigenvalue weighted by Crippen LogP contribution is -2.32. The summed E-state index contributed by atoms with van der Waals surface area (Å²) in [6, 6.07) is 0. The first-order valence-corrected chi connectivity index (χ1v) is 5.29. The van der Waals surface area contributed by atoms with Crippen molar-refractivity contribution in [2.75, 3.05) is 33.9 Å². The number of hydrogen-bond acceptors (Lipinski definition) is 4. The van der Waals surface area contributed by atoms with Gasteiger partial charge in [-0.05, 0) is 13.5 Å². The van der Waals surface area contributed by atoms with Crippen molar-refractivity contribution in [3.8, 4) is 0 Å². The quantitative estimate of drug-likeness (QED) is 0.590. The fraction of sp³-hybridized carbons (Fsp3) is 0.727. The summed E-state index contributed by atoms with van der Waals surface area (Å²) in [5, 5.41) is 18.2. The molecule has 0 aliphatic rings. The molecule has 0 aliphatic heterocycles. The van der Waals surface area contributed by atoms with Crippen LogP contribution >= 0.6 is 0 Å². The van der Waals surface area contributed by atoms with Gasteiger partial charge in [0.2, 0.25) is 0 Å². The van der Waals surface area contributed by atoms with Crippen LogP contribution < -0.4 is 0 Å². The molecule has 0 saturated carbocycles. The lowest BCUT2D eigenvalue weighted by molar-refractivity contribution is -0.132. The van der Waals surface area contributed by atoms with Crippen LogP contribution in [0.2, 0.25) is 0 Å². The van der Waals surface area contributed by atoms with Gasteiger partial charge in [0.25, 0.3) is 0 Å². The standard InChI is InChI=1S/C11H21NO4/c1-4-9(11(14)15)5-6-12(2)7-10(13)8-16-3/h5,10,13H,4,6-8H2,1-3H3,(H,14,15). The van der Waals surface area contributed by atoms with Gasteiger partial charge in [-0.15, -0.1) is 0 Å². The molecule has 0 saturated heterocycles. The number of nitrogens with zero attached hydrogens (tertiary/aromatic N) is 1. The fourth-order valence-electron chi connectivity index (χ4n) is 1.33. The summed E-state index contributed by atoms with van der Waals surface area (Å²) >= 11 is 0. The van der Waals surface area contributed by atoms with Crippen molar-refractivity contribution < 1.29 is 19.7 Å². The number of hydrogen-bond donors (Lipinski definition) is 2. The molecule has 0 aliphatic carbocycles. The second-order valence-electron chi connectivity index (χ2n) is 3.72. The van der Waals surface area contributed by atoms with E-state index in [1.165, 1.54) is 7.11 Å². The molecule has 0 radical (unpaired) electrons. The van der Waals surface area contributed by atoms with Crippen molar-refractivity contribution in [3.05, 3.63) is 11.6 Å². The Morgan fingerprint density at radius 2 is 2.19 bits per heavy atom. The predicted octanol–water partition coefficient (Wildman–Crippen LogP) is 0.346. The highest BCUT2D eigenvalue weighted by Crippen LogP contribution is 2.01. The van der Waals surface area contributed by atoms with Crippen LogP contribution in [0.1, 0.15) is 13.3 Å². The summed E-state index contributed by atoms with van der Waals surface area (Å²) in [7, 11) is 3.35. The maximum absolute atomic E-state index is 10.7. The van der Waals surface area contributed by atoms with Gasteiger partial charge in [-0.3, -0.25) is 0 Å². The number of aliphatic hydroxyl groups is 1. The molecule has 0 rings (SSSR count). The topological polar surface area (TPSA) is 70.0 Å². The van der Waals surface area contributed by atoms with Crippen LogP contribution in [-0.2, 0) is 9.53 Å². The van der Waals surface area contributed by atoms with E-state index in [9.17, 15) is 9.90 Å². The van der Waals surface area contributed by atoms with Crippen LogP contribution in [0.25, 0.3) is 0 Å². The lowest BCUT2D eigenvalue weighted by atomic mass is 10.2. The molecule has 0 aromatic heterocycles. The van der Waals surface area contributed by atoms with Gasteiger partial charge in [0, 0.05) is 25.8 Å². The minimum atomic E-state index is -0.881. The van der Waals surface area contributed by atoms with Crippen LogP contribution in [0.3, 0.4) is 0 Å². The number of aliphatic carboxylic acids is 1. The van der Waals surface area contributed by atoms with Gasteiger partial charge in [-0.25, -0.2) is 4.79 Å². The van der Waals surface area contributed by atoms with Gasteiger partial charge < -0.3 is 19.8 Å². The molecule has 0 aromatic carbocycles. The molecule has 0 fully saturated rings. The second-order valence-corrected chi connectivity index (χ2v) is 3.72. The SMILES string of the molecule is CCC(=CCN(C)CC(O)COC)C(=O)O. The zero-order chi connectivity index (χ0) is 12.6. The molecule has 0 aromatic rings. The van der Waals surface area contributed by atoms with Crippen molar-refractivity contribution in [3.63, 3.8) is 0 Å². The number of ether oxygens (including phenoxy) is 1.